The van der Waals surface area contributed by atoms with Crippen LogP contribution in [0.3, 0.4) is 0 Å². The highest BCUT2D eigenvalue weighted by atomic mass is 35.5. The van der Waals surface area contributed by atoms with Gasteiger partial charge in [-0.05, 0) is 12.5 Å². The van der Waals surface area contributed by atoms with Gasteiger partial charge in [0.25, 0.3) is 0 Å². The summed E-state index contributed by atoms with van der Waals surface area (Å²) in [6.45, 7) is 3.55. The second-order valence-electron chi connectivity index (χ2n) is 4.65. The lowest BCUT2D eigenvalue weighted by atomic mass is 10.2. The van der Waals surface area contributed by atoms with E-state index in [9.17, 15) is 4.79 Å². The predicted octanol–water partition coefficient (Wildman–Crippen LogP) is 4.55. The number of amides is 2. The lowest BCUT2D eigenvalue weighted by molar-refractivity contribution is 0.200. The fraction of sp³-hybridized carbons (Fsp3) is 0.500. The smallest absolute Gasteiger partial charge is 0.318 e. The SMILES string of the molecule is CCCCNC(=O)N1CCSC1c1cccc(Cl)c1Cl. The van der Waals surface area contributed by atoms with Crippen molar-refractivity contribution in [1.82, 2.24) is 10.2 Å². The van der Waals surface area contributed by atoms with E-state index in [1.807, 2.05) is 17.0 Å². The van der Waals surface area contributed by atoms with Crippen molar-refractivity contribution in [3.05, 3.63) is 33.8 Å². The highest BCUT2D eigenvalue weighted by Gasteiger charge is 2.32. The summed E-state index contributed by atoms with van der Waals surface area (Å²) >= 11 is 14.0. The molecule has 0 radical (unpaired) electrons. The summed E-state index contributed by atoms with van der Waals surface area (Å²) in [5.74, 6) is 0.911. The average Bonchev–Trinajstić information content (AvgIpc) is 2.91. The van der Waals surface area contributed by atoms with Gasteiger partial charge < -0.3 is 10.2 Å². The van der Waals surface area contributed by atoms with Gasteiger partial charge in [-0.15, -0.1) is 11.8 Å². The Kier molecular flexibility index (Phi) is 5.87. The molecule has 1 aliphatic heterocycles. The Balaban J connectivity index is 2.10. The Morgan fingerprint density at radius 1 is 1.50 bits per heavy atom. The Hall–Kier alpha value is -0.580. The van der Waals surface area contributed by atoms with Crippen LogP contribution in [-0.4, -0.2) is 29.8 Å². The van der Waals surface area contributed by atoms with Gasteiger partial charge >= 0.3 is 6.03 Å². The monoisotopic (exact) mass is 332 g/mol. The number of urea groups is 1. The largest absolute Gasteiger partial charge is 0.338 e. The van der Waals surface area contributed by atoms with Crippen molar-refractivity contribution in [2.24, 2.45) is 0 Å². The standard InChI is InChI=1S/C14H18Cl2N2OS/c1-2-3-7-17-14(19)18-8-9-20-13(18)10-5-4-6-11(15)12(10)16/h4-6,13H,2-3,7-9H2,1H3,(H,17,19). The maximum Gasteiger partial charge on any atom is 0.318 e. The molecule has 2 amide bonds. The third-order valence-corrected chi connectivity index (χ3v) is 5.28. The van der Waals surface area contributed by atoms with E-state index >= 15 is 0 Å². The van der Waals surface area contributed by atoms with Gasteiger partial charge in [0, 0.05) is 24.4 Å². The minimum absolute atomic E-state index is 0.0236. The minimum Gasteiger partial charge on any atom is -0.338 e. The number of halogens is 2. The molecule has 0 aromatic heterocycles. The molecule has 1 aromatic carbocycles. The third-order valence-electron chi connectivity index (χ3n) is 3.21. The van der Waals surface area contributed by atoms with E-state index in [-0.39, 0.29) is 11.4 Å². The molecular formula is C14H18Cl2N2OS. The van der Waals surface area contributed by atoms with E-state index in [1.54, 1.807) is 17.8 Å². The summed E-state index contributed by atoms with van der Waals surface area (Å²) < 4.78 is 0. The van der Waals surface area contributed by atoms with Crippen LogP contribution in [0.2, 0.25) is 10.0 Å². The Labute approximate surface area is 134 Å². The summed E-state index contributed by atoms with van der Waals surface area (Å²) in [6, 6.07) is 5.54. The second kappa shape index (κ2) is 7.43. The highest BCUT2D eigenvalue weighted by molar-refractivity contribution is 7.99. The number of thioether (sulfide) groups is 1. The van der Waals surface area contributed by atoms with E-state index < -0.39 is 0 Å². The molecule has 1 unspecified atom stereocenters. The molecule has 1 saturated heterocycles. The maximum atomic E-state index is 12.2. The van der Waals surface area contributed by atoms with E-state index in [0.717, 1.165) is 30.7 Å². The normalized spacial score (nSPS) is 18.4. The molecule has 0 spiro atoms. The molecular weight excluding hydrogens is 315 g/mol. The van der Waals surface area contributed by atoms with E-state index in [0.29, 0.717) is 16.6 Å². The Bertz CT molecular complexity index is 484. The molecule has 1 aromatic rings. The van der Waals surface area contributed by atoms with Crippen molar-refractivity contribution < 1.29 is 4.79 Å². The van der Waals surface area contributed by atoms with Crippen molar-refractivity contribution in [2.45, 2.75) is 25.1 Å². The first-order valence-corrected chi connectivity index (χ1v) is 8.55. The van der Waals surface area contributed by atoms with E-state index in [4.69, 9.17) is 23.2 Å². The van der Waals surface area contributed by atoms with Gasteiger partial charge in [-0.2, -0.15) is 0 Å². The summed E-state index contributed by atoms with van der Waals surface area (Å²) in [6.07, 6.45) is 2.06. The molecule has 1 aliphatic rings. The zero-order chi connectivity index (χ0) is 14.5. The van der Waals surface area contributed by atoms with Crippen molar-refractivity contribution in [3.63, 3.8) is 0 Å². The van der Waals surface area contributed by atoms with Crippen LogP contribution in [0.25, 0.3) is 0 Å². The molecule has 20 heavy (non-hydrogen) atoms. The van der Waals surface area contributed by atoms with Gasteiger partial charge in [0.1, 0.15) is 5.37 Å². The summed E-state index contributed by atoms with van der Waals surface area (Å²) in [5.41, 5.74) is 0.910. The number of carbonyl (C=O) groups is 1. The van der Waals surface area contributed by atoms with Gasteiger partial charge in [0.15, 0.2) is 0 Å². The number of hydrogen-bond donors (Lipinski definition) is 1. The summed E-state index contributed by atoms with van der Waals surface area (Å²) in [7, 11) is 0. The predicted molar refractivity (Wildman–Crippen MR) is 86.7 cm³/mol. The van der Waals surface area contributed by atoms with E-state index in [1.165, 1.54) is 0 Å². The number of carbonyl (C=O) groups excluding carboxylic acids is 1. The zero-order valence-corrected chi connectivity index (χ0v) is 13.7. The van der Waals surface area contributed by atoms with Gasteiger partial charge in [-0.25, -0.2) is 4.79 Å². The zero-order valence-electron chi connectivity index (χ0n) is 11.4. The Morgan fingerprint density at radius 2 is 2.30 bits per heavy atom. The van der Waals surface area contributed by atoms with Crippen LogP contribution in [0, 0.1) is 0 Å². The molecule has 110 valence electrons. The fourth-order valence-corrected chi connectivity index (χ4v) is 3.88. The molecule has 1 heterocycles. The Morgan fingerprint density at radius 3 is 3.05 bits per heavy atom. The molecule has 0 saturated carbocycles. The first-order valence-electron chi connectivity index (χ1n) is 6.75. The summed E-state index contributed by atoms with van der Waals surface area (Å²) in [5, 5.41) is 3.98. The first-order chi connectivity index (χ1) is 9.65. The molecule has 0 aliphatic carbocycles. The van der Waals surface area contributed by atoms with Crippen molar-refractivity contribution in [3.8, 4) is 0 Å². The topological polar surface area (TPSA) is 32.3 Å². The van der Waals surface area contributed by atoms with Crippen molar-refractivity contribution in [1.29, 1.82) is 0 Å². The van der Waals surface area contributed by atoms with Crippen LogP contribution in [0.4, 0.5) is 4.79 Å². The number of nitrogens with one attached hydrogen (secondary N) is 1. The lowest BCUT2D eigenvalue weighted by Crippen LogP contribution is -2.39. The maximum absolute atomic E-state index is 12.2. The van der Waals surface area contributed by atoms with Crippen LogP contribution < -0.4 is 5.32 Å². The minimum atomic E-state index is -0.0529. The molecule has 6 heteroatoms. The van der Waals surface area contributed by atoms with Gasteiger partial charge in [0.2, 0.25) is 0 Å². The van der Waals surface area contributed by atoms with Crippen molar-refractivity contribution in [2.75, 3.05) is 18.8 Å². The van der Waals surface area contributed by atoms with Gasteiger partial charge in [0.05, 0.1) is 10.0 Å². The molecule has 1 atom stereocenters. The number of unbranched alkanes of at least 4 members (excludes halogenated alkanes) is 1. The number of benzene rings is 1. The number of hydrogen-bond acceptors (Lipinski definition) is 2. The molecule has 3 nitrogen and oxygen atoms in total. The van der Waals surface area contributed by atoms with Gasteiger partial charge in [-0.1, -0.05) is 48.7 Å². The second-order valence-corrected chi connectivity index (χ2v) is 6.62. The van der Waals surface area contributed by atoms with E-state index in [2.05, 4.69) is 12.2 Å². The molecule has 1 N–H and O–H groups in total. The molecule has 2 rings (SSSR count). The van der Waals surface area contributed by atoms with Crippen molar-refractivity contribution >= 4 is 41.0 Å². The lowest BCUT2D eigenvalue weighted by Gasteiger charge is -2.25. The van der Waals surface area contributed by atoms with Crippen LogP contribution in [0.15, 0.2) is 18.2 Å². The molecule has 1 fully saturated rings. The van der Waals surface area contributed by atoms with Gasteiger partial charge in [-0.3, -0.25) is 0 Å². The van der Waals surface area contributed by atoms with Crippen LogP contribution in [0.5, 0.6) is 0 Å². The number of nitrogens with zero attached hydrogens (tertiary/aromatic N) is 1. The third kappa shape index (κ3) is 3.54. The first kappa shape index (κ1) is 15.8. The highest BCUT2D eigenvalue weighted by Crippen LogP contribution is 2.42. The summed E-state index contributed by atoms with van der Waals surface area (Å²) in [4.78, 5) is 14.1. The quantitative estimate of drug-likeness (QED) is 0.820. The number of rotatable bonds is 4. The fourth-order valence-electron chi connectivity index (χ4n) is 2.12. The molecule has 0 bridgehead atoms. The van der Waals surface area contributed by atoms with Crippen LogP contribution >= 0.6 is 35.0 Å². The van der Waals surface area contributed by atoms with Crippen LogP contribution in [-0.2, 0) is 0 Å². The average molecular weight is 333 g/mol. The van der Waals surface area contributed by atoms with Crippen LogP contribution in [0.1, 0.15) is 30.7 Å².